The zero-order valence-corrected chi connectivity index (χ0v) is 3.73. The molecule has 0 unspecified atom stereocenters. The van der Waals surface area contributed by atoms with Gasteiger partial charge in [0.25, 0.3) is 0 Å². The van der Waals surface area contributed by atoms with Crippen molar-refractivity contribution >= 4 is 0 Å². The second-order valence-electron chi connectivity index (χ2n) is 0.826. The van der Waals surface area contributed by atoms with E-state index in [4.69, 9.17) is 6.57 Å². The van der Waals surface area contributed by atoms with Crippen molar-refractivity contribution in [3.63, 3.8) is 0 Å². The van der Waals surface area contributed by atoms with Crippen LogP contribution in [0.2, 0.25) is 0 Å². The van der Waals surface area contributed by atoms with E-state index in [1.54, 1.807) is 7.05 Å². The standard InChI is InChI=1S/C4H7N2/c1-4(5-2)6-3/h2,6H,1H2,3H3/q+1. The van der Waals surface area contributed by atoms with Crippen LogP contribution >= 0.6 is 0 Å². The first-order chi connectivity index (χ1) is 2.81. The van der Waals surface area contributed by atoms with Gasteiger partial charge in [-0.2, -0.15) is 4.85 Å². The Kier molecular flexibility index (Phi) is 1.91. The van der Waals surface area contributed by atoms with Crippen LogP contribution in [0.4, 0.5) is 0 Å². The van der Waals surface area contributed by atoms with Crippen LogP contribution in [0.3, 0.4) is 0 Å². The molecule has 0 rings (SSSR count). The van der Waals surface area contributed by atoms with Crippen molar-refractivity contribution in [1.29, 1.82) is 0 Å². The van der Waals surface area contributed by atoms with Gasteiger partial charge in [0, 0.05) is 6.58 Å². The van der Waals surface area contributed by atoms with E-state index in [9.17, 15) is 0 Å². The largest absolute Gasteiger partial charge is 0.370 e. The molecule has 0 aliphatic carbocycles. The Morgan fingerprint density at radius 1 is 2.00 bits per heavy atom. The predicted octanol–water partition coefficient (Wildman–Crippen LogP) is 0.640. The van der Waals surface area contributed by atoms with Crippen molar-refractivity contribution in [3.05, 3.63) is 17.2 Å². The fraction of sp³-hybridized carbons (Fsp3) is 0.250. The molecule has 0 heterocycles. The molecule has 0 aromatic carbocycles. The Bertz CT molecular complexity index is 88.2. The monoisotopic (exact) mass is 83.1 g/mol. The summed E-state index contributed by atoms with van der Waals surface area (Å²) in [6, 6.07) is 0. The van der Waals surface area contributed by atoms with E-state index in [0.717, 1.165) is 0 Å². The lowest BCUT2D eigenvalue weighted by Gasteiger charge is -1.73. The highest BCUT2D eigenvalue weighted by Gasteiger charge is 1.85. The summed E-state index contributed by atoms with van der Waals surface area (Å²) < 4.78 is 0. The zero-order valence-electron chi connectivity index (χ0n) is 3.73. The molecule has 32 valence electrons. The fourth-order valence-corrected chi connectivity index (χ4v) is 0.0645. The van der Waals surface area contributed by atoms with Crippen LogP contribution in [0.15, 0.2) is 12.4 Å². The maximum absolute atomic E-state index is 4.75. The van der Waals surface area contributed by atoms with Crippen molar-refractivity contribution in [2.24, 2.45) is 0 Å². The van der Waals surface area contributed by atoms with E-state index in [0.29, 0.717) is 5.82 Å². The first-order valence-electron chi connectivity index (χ1n) is 1.59. The molecule has 0 aromatic heterocycles. The SMILES string of the molecule is C#[N+]C(=C)NC. The molecule has 0 aliphatic heterocycles. The Labute approximate surface area is 37.3 Å². The molecule has 0 radical (unpaired) electrons. The number of rotatable bonds is 1. The number of nitrogens with zero attached hydrogens (tertiary/aromatic N) is 1. The molecular weight excluding hydrogens is 76.1 g/mol. The third-order valence-electron chi connectivity index (χ3n) is 0.444. The van der Waals surface area contributed by atoms with Gasteiger partial charge in [-0.05, 0) is 0 Å². The lowest BCUT2D eigenvalue weighted by molar-refractivity contribution is 1.04. The normalized spacial score (nSPS) is 6.00. The van der Waals surface area contributed by atoms with Crippen LogP contribution in [0.25, 0.3) is 4.85 Å². The first-order valence-corrected chi connectivity index (χ1v) is 1.59. The molecule has 0 atom stereocenters. The third kappa shape index (κ3) is 1.36. The molecule has 2 heteroatoms. The molecular formula is C4H7N2+. The van der Waals surface area contributed by atoms with Crippen molar-refractivity contribution in [2.75, 3.05) is 7.05 Å². The number of nitrogens with one attached hydrogen (secondary N) is 1. The molecule has 0 saturated heterocycles. The Hall–Kier alpha value is -0.970. The molecule has 1 N–H and O–H groups in total. The van der Waals surface area contributed by atoms with Crippen LogP contribution in [0, 0.1) is 6.57 Å². The van der Waals surface area contributed by atoms with Gasteiger partial charge in [0.2, 0.25) is 0 Å². The summed E-state index contributed by atoms with van der Waals surface area (Å²) in [6.45, 7) is 8.13. The van der Waals surface area contributed by atoms with E-state index in [2.05, 4.69) is 16.7 Å². The Morgan fingerprint density at radius 3 is 2.50 bits per heavy atom. The smallest absolute Gasteiger partial charge is 0.263 e. The summed E-state index contributed by atoms with van der Waals surface area (Å²) in [7, 11) is 1.71. The van der Waals surface area contributed by atoms with Crippen molar-refractivity contribution in [2.45, 2.75) is 0 Å². The average molecular weight is 83.1 g/mol. The quantitative estimate of drug-likeness (QED) is 0.492. The molecule has 2 nitrogen and oxygen atoms in total. The number of hydrogen-bond acceptors (Lipinski definition) is 1. The van der Waals surface area contributed by atoms with Gasteiger partial charge in [0.05, 0.1) is 7.05 Å². The van der Waals surface area contributed by atoms with Crippen molar-refractivity contribution in [3.8, 4) is 6.57 Å². The van der Waals surface area contributed by atoms with E-state index in [1.807, 2.05) is 0 Å². The molecule has 0 aliphatic rings. The van der Waals surface area contributed by atoms with Crippen LogP contribution in [-0.4, -0.2) is 7.05 Å². The van der Waals surface area contributed by atoms with Gasteiger partial charge in [-0.3, -0.25) is 5.32 Å². The fourth-order valence-electron chi connectivity index (χ4n) is 0.0645. The average Bonchev–Trinajstić information content (AvgIpc) is 1.65. The van der Waals surface area contributed by atoms with E-state index >= 15 is 0 Å². The molecule has 0 spiro atoms. The maximum Gasteiger partial charge on any atom is 0.370 e. The Balaban J connectivity index is 3.33. The van der Waals surface area contributed by atoms with Crippen LogP contribution in [0.1, 0.15) is 0 Å². The molecule has 0 fully saturated rings. The zero-order chi connectivity index (χ0) is 4.99. The second kappa shape index (κ2) is 2.28. The van der Waals surface area contributed by atoms with Crippen LogP contribution in [0.5, 0.6) is 0 Å². The summed E-state index contributed by atoms with van der Waals surface area (Å²) in [6.07, 6.45) is 0. The van der Waals surface area contributed by atoms with Gasteiger partial charge in [0.15, 0.2) is 0 Å². The minimum Gasteiger partial charge on any atom is -0.263 e. The van der Waals surface area contributed by atoms with Gasteiger partial charge in [0.1, 0.15) is 6.57 Å². The maximum atomic E-state index is 4.75. The van der Waals surface area contributed by atoms with Crippen LogP contribution in [-0.2, 0) is 0 Å². The summed E-state index contributed by atoms with van der Waals surface area (Å²) in [5, 5.41) is 2.63. The minimum atomic E-state index is 0.495. The number of hydrogen-bond donors (Lipinski definition) is 1. The topological polar surface area (TPSA) is 16.4 Å². The third-order valence-corrected chi connectivity index (χ3v) is 0.444. The summed E-state index contributed by atoms with van der Waals surface area (Å²) in [4.78, 5) is 3.20. The molecule has 6 heavy (non-hydrogen) atoms. The highest BCUT2D eigenvalue weighted by molar-refractivity contribution is 5.01. The second-order valence-corrected chi connectivity index (χ2v) is 0.826. The highest BCUT2D eigenvalue weighted by atomic mass is 15.0. The van der Waals surface area contributed by atoms with E-state index < -0.39 is 0 Å². The van der Waals surface area contributed by atoms with E-state index in [-0.39, 0.29) is 0 Å². The lowest BCUT2D eigenvalue weighted by Crippen LogP contribution is -1.98. The van der Waals surface area contributed by atoms with Crippen molar-refractivity contribution < 1.29 is 0 Å². The molecule has 0 amide bonds. The van der Waals surface area contributed by atoms with Crippen molar-refractivity contribution in [1.82, 2.24) is 5.32 Å². The van der Waals surface area contributed by atoms with Gasteiger partial charge < -0.3 is 0 Å². The Morgan fingerprint density at radius 2 is 2.50 bits per heavy atom. The molecule has 0 bridgehead atoms. The molecule has 0 aromatic rings. The van der Waals surface area contributed by atoms with Gasteiger partial charge in [-0.15, -0.1) is 0 Å². The highest BCUT2D eigenvalue weighted by Crippen LogP contribution is 1.76. The van der Waals surface area contributed by atoms with Gasteiger partial charge >= 0.3 is 5.82 Å². The van der Waals surface area contributed by atoms with E-state index in [1.165, 1.54) is 0 Å². The summed E-state index contributed by atoms with van der Waals surface area (Å²) >= 11 is 0. The summed E-state index contributed by atoms with van der Waals surface area (Å²) in [5.41, 5.74) is 0. The predicted molar refractivity (Wildman–Crippen MR) is 26.5 cm³/mol. The summed E-state index contributed by atoms with van der Waals surface area (Å²) in [5.74, 6) is 0.495. The van der Waals surface area contributed by atoms with Gasteiger partial charge in [-0.25, -0.2) is 0 Å². The lowest BCUT2D eigenvalue weighted by atomic mass is 10.8. The minimum absolute atomic E-state index is 0.495. The van der Waals surface area contributed by atoms with Crippen LogP contribution < -0.4 is 5.32 Å². The van der Waals surface area contributed by atoms with Gasteiger partial charge in [-0.1, -0.05) is 0 Å². The molecule has 0 saturated carbocycles. The first kappa shape index (κ1) is 5.03.